The Labute approximate surface area is 127 Å². The van der Waals surface area contributed by atoms with E-state index < -0.39 is 0 Å². The maximum Gasteiger partial charge on any atom is 0.410 e. The lowest BCUT2D eigenvalue weighted by atomic mass is 10.2. The summed E-state index contributed by atoms with van der Waals surface area (Å²) in [5, 5.41) is 0.994. The Kier molecular flexibility index (Phi) is 3.61. The fourth-order valence-electron chi connectivity index (χ4n) is 2.68. The summed E-state index contributed by atoms with van der Waals surface area (Å²) in [7, 11) is 0. The standard InChI is InChI=1S/C14H19N3O3S/c1-8(2)12-15-9(3)11(21-12)13(18)16-4-5-17-10(6-16)7-20-14(17)19/h8,10H,4-7H2,1-3H3. The molecule has 0 radical (unpaired) electrons. The number of ether oxygens (including phenoxy) is 1. The quantitative estimate of drug-likeness (QED) is 0.836. The predicted octanol–water partition coefficient (Wildman–Crippen LogP) is 1.85. The van der Waals surface area contributed by atoms with Crippen LogP contribution in [0.5, 0.6) is 0 Å². The van der Waals surface area contributed by atoms with Crippen LogP contribution >= 0.6 is 11.3 Å². The summed E-state index contributed by atoms with van der Waals surface area (Å²) in [6.45, 7) is 8.05. The molecule has 114 valence electrons. The van der Waals surface area contributed by atoms with Gasteiger partial charge in [0.15, 0.2) is 0 Å². The highest BCUT2D eigenvalue weighted by Gasteiger charge is 2.39. The lowest BCUT2D eigenvalue weighted by molar-refractivity contribution is 0.0620. The van der Waals surface area contributed by atoms with Crippen molar-refractivity contribution in [3.8, 4) is 0 Å². The Balaban J connectivity index is 1.75. The van der Waals surface area contributed by atoms with Crippen molar-refractivity contribution in [3.63, 3.8) is 0 Å². The number of hydrogen-bond acceptors (Lipinski definition) is 5. The van der Waals surface area contributed by atoms with Gasteiger partial charge in [0.1, 0.15) is 11.5 Å². The van der Waals surface area contributed by atoms with E-state index in [1.165, 1.54) is 11.3 Å². The molecule has 2 fully saturated rings. The Hall–Kier alpha value is -1.63. The highest BCUT2D eigenvalue weighted by molar-refractivity contribution is 7.13. The maximum absolute atomic E-state index is 12.7. The second-order valence-electron chi connectivity index (χ2n) is 5.80. The Bertz CT molecular complexity index is 584. The van der Waals surface area contributed by atoms with Crippen LogP contribution in [0.3, 0.4) is 0 Å². The molecule has 0 spiro atoms. The molecule has 1 unspecified atom stereocenters. The van der Waals surface area contributed by atoms with Crippen LogP contribution in [0.1, 0.15) is 40.1 Å². The molecule has 6 nitrogen and oxygen atoms in total. The van der Waals surface area contributed by atoms with Gasteiger partial charge in [-0.3, -0.25) is 9.69 Å². The zero-order valence-corrected chi connectivity index (χ0v) is 13.3. The fraction of sp³-hybridized carbons (Fsp3) is 0.643. The van der Waals surface area contributed by atoms with Gasteiger partial charge in [-0.05, 0) is 6.92 Å². The van der Waals surface area contributed by atoms with Crippen LogP contribution < -0.4 is 0 Å². The minimum absolute atomic E-state index is 0.00648. The normalized spacial score (nSPS) is 21.7. The topological polar surface area (TPSA) is 62.7 Å². The van der Waals surface area contributed by atoms with Crippen molar-refractivity contribution in [2.75, 3.05) is 26.2 Å². The Morgan fingerprint density at radius 2 is 2.19 bits per heavy atom. The highest BCUT2D eigenvalue weighted by atomic mass is 32.1. The number of rotatable bonds is 2. The molecule has 0 saturated carbocycles. The van der Waals surface area contributed by atoms with E-state index in [1.54, 1.807) is 4.90 Å². The number of amides is 2. The summed E-state index contributed by atoms with van der Waals surface area (Å²) in [5.74, 6) is 0.351. The minimum atomic E-state index is -0.261. The van der Waals surface area contributed by atoms with E-state index in [-0.39, 0.29) is 18.0 Å². The van der Waals surface area contributed by atoms with Crippen LogP contribution in [0, 0.1) is 6.92 Å². The Morgan fingerprint density at radius 1 is 1.43 bits per heavy atom. The molecule has 0 aliphatic carbocycles. The summed E-state index contributed by atoms with van der Waals surface area (Å²) < 4.78 is 5.03. The van der Waals surface area contributed by atoms with Gasteiger partial charge in [-0.25, -0.2) is 9.78 Å². The van der Waals surface area contributed by atoms with E-state index in [0.29, 0.717) is 32.2 Å². The summed E-state index contributed by atoms with van der Waals surface area (Å²) in [6.07, 6.45) is -0.261. The van der Waals surface area contributed by atoms with Gasteiger partial charge in [-0.15, -0.1) is 11.3 Å². The molecule has 21 heavy (non-hydrogen) atoms. The molecule has 1 aromatic heterocycles. The smallest absolute Gasteiger partial charge is 0.410 e. The van der Waals surface area contributed by atoms with Crippen LogP contribution in [-0.4, -0.2) is 59.1 Å². The molecule has 2 aliphatic heterocycles. The molecule has 0 N–H and O–H groups in total. The van der Waals surface area contributed by atoms with Gasteiger partial charge in [0.05, 0.1) is 16.7 Å². The van der Waals surface area contributed by atoms with Gasteiger partial charge >= 0.3 is 6.09 Å². The van der Waals surface area contributed by atoms with Crippen molar-refractivity contribution in [3.05, 3.63) is 15.6 Å². The first-order chi connectivity index (χ1) is 9.97. The lowest BCUT2D eigenvalue weighted by Gasteiger charge is -2.35. The molecule has 2 saturated heterocycles. The summed E-state index contributed by atoms with van der Waals surface area (Å²) >= 11 is 1.48. The molecule has 2 amide bonds. The van der Waals surface area contributed by atoms with Crippen molar-refractivity contribution in [2.45, 2.75) is 32.7 Å². The van der Waals surface area contributed by atoms with Gasteiger partial charge in [0.2, 0.25) is 0 Å². The van der Waals surface area contributed by atoms with Gasteiger partial charge < -0.3 is 9.64 Å². The van der Waals surface area contributed by atoms with E-state index in [9.17, 15) is 9.59 Å². The SMILES string of the molecule is Cc1nc(C(C)C)sc1C(=O)N1CCN2C(=O)OCC2C1. The first-order valence-electron chi connectivity index (χ1n) is 7.17. The number of aromatic nitrogens is 1. The second-order valence-corrected chi connectivity index (χ2v) is 6.83. The molecular formula is C14H19N3O3S. The van der Waals surface area contributed by atoms with Gasteiger partial charge in [0.25, 0.3) is 5.91 Å². The highest BCUT2D eigenvalue weighted by Crippen LogP contribution is 2.27. The average molecular weight is 309 g/mol. The number of thiazole rings is 1. The number of cyclic esters (lactones) is 1. The molecule has 3 heterocycles. The molecule has 0 aromatic carbocycles. The van der Waals surface area contributed by atoms with Crippen LogP contribution in [0.2, 0.25) is 0 Å². The van der Waals surface area contributed by atoms with Crippen LogP contribution in [0.4, 0.5) is 4.79 Å². The molecular weight excluding hydrogens is 290 g/mol. The third kappa shape index (κ3) is 2.50. The van der Waals surface area contributed by atoms with Crippen LogP contribution in [-0.2, 0) is 4.74 Å². The molecule has 1 aromatic rings. The van der Waals surface area contributed by atoms with Crippen molar-refractivity contribution in [1.29, 1.82) is 0 Å². The van der Waals surface area contributed by atoms with E-state index in [0.717, 1.165) is 15.6 Å². The minimum Gasteiger partial charge on any atom is -0.447 e. The number of aryl methyl sites for hydroxylation is 1. The van der Waals surface area contributed by atoms with E-state index >= 15 is 0 Å². The fourth-order valence-corrected chi connectivity index (χ4v) is 3.72. The van der Waals surface area contributed by atoms with Crippen molar-refractivity contribution in [1.82, 2.24) is 14.8 Å². The molecule has 1 atom stereocenters. The largest absolute Gasteiger partial charge is 0.447 e. The van der Waals surface area contributed by atoms with Gasteiger partial charge in [0, 0.05) is 25.6 Å². The zero-order valence-electron chi connectivity index (χ0n) is 12.5. The Morgan fingerprint density at radius 3 is 2.86 bits per heavy atom. The molecule has 2 aliphatic rings. The third-order valence-electron chi connectivity index (χ3n) is 3.90. The van der Waals surface area contributed by atoms with Gasteiger partial charge in [-0.1, -0.05) is 13.8 Å². The number of carbonyl (C=O) groups excluding carboxylic acids is 2. The van der Waals surface area contributed by atoms with Crippen molar-refractivity contribution < 1.29 is 14.3 Å². The summed E-state index contributed by atoms with van der Waals surface area (Å²) in [6, 6.07) is -0.00648. The van der Waals surface area contributed by atoms with E-state index in [2.05, 4.69) is 18.8 Å². The maximum atomic E-state index is 12.7. The first-order valence-corrected chi connectivity index (χ1v) is 7.99. The number of hydrogen-bond donors (Lipinski definition) is 0. The molecule has 7 heteroatoms. The zero-order chi connectivity index (χ0) is 15.1. The van der Waals surface area contributed by atoms with E-state index in [4.69, 9.17) is 4.74 Å². The predicted molar refractivity (Wildman–Crippen MR) is 78.7 cm³/mol. The number of nitrogens with zero attached hydrogens (tertiary/aromatic N) is 3. The number of piperazine rings is 1. The van der Waals surface area contributed by atoms with Crippen molar-refractivity contribution in [2.24, 2.45) is 0 Å². The molecule has 3 rings (SSSR count). The monoisotopic (exact) mass is 309 g/mol. The number of fused-ring (bicyclic) bond motifs is 1. The summed E-state index contributed by atoms with van der Waals surface area (Å²) in [4.78, 5) is 32.9. The van der Waals surface area contributed by atoms with Crippen molar-refractivity contribution >= 4 is 23.3 Å². The van der Waals surface area contributed by atoms with Crippen LogP contribution in [0.15, 0.2) is 0 Å². The lowest BCUT2D eigenvalue weighted by Crippen LogP contribution is -2.53. The molecule has 0 bridgehead atoms. The van der Waals surface area contributed by atoms with Crippen LogP contribution in [0.25, 0.3) is 0 Å². The van der Waals surface area contributed by atoms with E-state index in [1.807, 2.05) is 11.8 Å². The second kappa shape index (κ2) is 5.29. The third-order valence-corrected chi connectivity index (χ3v) is 5.35. The first kappa shape index (κ1) is 14.3. The average Bonchev–Trinajstić information content (AvgIpc) is 3.02. The van der Waals surface area contributed by atoms with Gasteiger partial charge in [-0.2, -0.15) is 0 Å². The summed E-state index contributed by atoms with van der Waals surface area (Å²) in [5.41, 5.74) is 0.801. The number of carbonyl (C=O) groups is 2.